The number of aromatic hydroxyl groups is 1. The standard InChI is InChI=1S/C17H15N3O4/c1-10-13(8-18)15(21)20(2)16(22)14(10)9-19-12-6-4-11(5-7-12)17(23)24-3/h4-7,9,22H,1-3H3. The van der Waals surface area contributed by atoms with E-state index in [4.69, 9.17) is 5.26 Å². The van der Waals surface area contributed by atoms with Gasteiger partial charge < -0.3 is 9.84 Å². The van der Waals surface area contributed by atoms with Gasteiger partial charge in [0.25, 0.3) is 5.56 Å². The molecule has 2 aromatic rings. The molecule has 7 heteroatoms. The van der Waals surface area contributed by atoms with E-state index in [1.54, 1.807) is 31.2 Å². The van der Waals surface area contributed by atoms with Gasteiger partial charge in [-0.3, -0.25) is 14.4 Å². The molecule has 1 aromatic heterocycles. The molecule has 0 saturated heterocycles. The van der Waals surface area contributed by atoms with Crippen molar-refractivity contribution >= 4 is 17.9 Å². The van der Waals surface area contributed by atoms with Crippen molar-refractivity contribution in [2.24, 2.45) is 12.0 Å². The van der Waals surface area contributed by atoms with Crippen molar-refractivity contribution in [3.05, 3.63) is 56.9 Å². The van der Waals surface area contributed by atoms with Gasteiger partial charge in [-0.1, -0.05) is 0 Å². The Morgan fingerprint density at radius 2 is 2.00 bits per heavy atom. The Morgan fingerprint density at radius 3 is 2.54 bits per heavy atom. The Kier molecular flexibility index (Phi) is 4.80. The van der Waals surface area contributed by atoms with E-state index in [1.165, 1.54) is 20.4 Å². The Labute approximate surface area is 138 Å². The summed E-state index contributed by atoms with van der Waals surface area (Å²) < 4.78 is 5.61. The summed E-state index contributed by atoms with van der Waals surface area (Å²) in [6, 6.07) is 8.19. The number of carbonyl (C=O) groups is 1. The zero-order valence-electron chi connectivity index (χ0n) is 13.4. The number of esters is 1. The van der Waals surface area contributed by atoms with Crippen LogP contribution in [0.25, 0.3) is 0 Å². The summed E-state index contributed by atoms with van der Waals surface area (Å²) in [4.78, 5) is 27.5. The molecule has 0 amide bonds. The fourth-order valence-electron chi connectivity index (χ4n) is 2.13. The summed E-state index contributed by atoms with van der Waals surface area (Å²) in [5.74, 6) is -0.720. The molecule has 1 N–H and O–H groups in total. The van der Waals surface area contributed by atoms with Crippen molar-refractivity contribution in [2.45, 2.75) is 6.92 Å². The van der Waals surface area contributed by atoms with Crippen LogP contribution in [0.3, 0.4) is 0 Å². The second-order valence-electron chi connectivity index (χ2n) is 5.01. The monoisotopic (exact) mass is 325 g/mol. The molecular weight excluding hydrogens is 310 g/mol. The Morgan fingerprint density at radius 1 is 1.38 bits per heavy atom. The van der Waals surface area contributed by atoms with Crippen LogP contribution in [0.2, 0.25) is 0 Å². The summed E-state index contributed by atoms with van der Waals surface area (Å²) in [7, 11) is 2.67. The Balaban J connectivity index is 2.43. The number of benzene rings is 1. The van der Waals surface area contributed by atoms with E-state index in [-0.39, 0.29) is 17.0 Å². The number of aromatic nitrogens is 1. The lowest BCUT2D eigenvalue weighted by Gasteiger charge is -2.09. The first-order chi connectivity index (χ1) is 11.4. The van der Waals surface area contributed by atoms with Gasteiger partial charge in [-0.2, -0.15) is 5.26 Å². The predicted octanol–water partition coefficient (Wildman–Crippen LogP) is 1.81. The van der Waals surface area contributed by atoms with Crippen molar-refractivity contribution < 1.29 is 14.6 Å². The summed E-state index contributed by atoms with van der Waals surface area (Å²) in [5.41, 5.74) is 0.960. The fraction of sp³-hybridized carbons (Fsp3) is 0.176. The van der Waals surface area contributed by atoms with Crippen molar-refractivity contribution in [3.63, 3.8) is 0 Å². The van der Waals surface area contributed by atoms with Crippen molar-refractivity contribution in [1.82, 2.24) is 4.57 Å². The zero-order chi connectivity index (χ0) is 17.9. The Bertz CT molecular complexity index is 919. The van der Waals surface area contributed by atoms with Crippen LogP contribution in [0.15, 0.2) is 34.1 Å². The third-order valence-corrected chi connectivity index (χ3v) is 3.60. The first-order valence-corrected chi connectivity index (χ1v) is 6.95. The van der Waals surface area contributed by atoms with Crippen molar-refractivity contribution in [3.8, 4) is 11.9 Å². The van der Waals surface area contributed by atoms with E-state index < -0.39 is 11.5 Å². The minimum absolute atomic E-state index is 0.0437. The third-order valence-electron chi connectivity index (χ3n) is 3.60. The number of nitrogens with zero attached hydrogens (tertiary/aromatic N) is 3. The molecule has 122 valence electrons. The van der Waals surface area contributed by atoms with Crippen molar-refractivity contribution in [2.75, 3.05) is 7.11 Å². The first kappa shape index (κ1) is 17.0. The normalized spacial score (nSPS) is 10.6. The van der Waals surface area contributed by atoms with Gasteiger partial charge in [-0.15, -0.1) is 0 Å². The summed E-state index contributed by atoms with van der Waals surface area (Å²) in [5, 5.41) is 19.2. The highest BCUT2D eigenvalue weighted by Crippen LogP contribution is 2.20. The van der Waals surface area contributed by atoms with Gasteiger partial charge in [0.15, 0.2) is 0 Å². The fourth-order valence-corrected chi connectivity index (χ4v) is 2.13. The smallest absolute Gasteiger partial charge is 0.337 e. The SMILES string of the molecule is COC(=O)c1ccc(N=Cc2c(C)c(C#N)c(=O)n(C)c2O)cc1. The molecule has 0 fully saturated rings. The maximum atomic E-state index is 11.9. The maximum absolute atomic E-state index is 11.9. The number of carbonyl (C=O) groups excluding carboxylic acids is 1. The number of ether oxygens (including phenoxy) is 1. The number of rotatable bonds is 3. The molecule has 0 aliphatic heterocycles. The van der Waals surface area contributed by atoms with E-state index in [0.717, 1.165) is 4.57 Å². The van der Waals surface area contributed by atoms with Gasteiger partial charge in [0.05, 0.1) is 23.9 Å². The first-order valence-electron chi connectivity index (χ1n) is 6.95. The molecule has 0 radical (unpaired) electrons. The van der Waals surface area contributed by atoms with Crippen LogP contribution in [-0.2, 0) is 11.8 Å². The molecular formula is C17H15N3O4. The topological polar surface area (TPSA) is 105 Å². The second-order valence-corrected chi connectivity index (χ2v) is 5.01. The summed E-state index contributed by atoms with van der Waals surface area (Å²) in [6.07, 6.45) is 1.37. The van der Waals surface area contributed by atoms with Crippen molar-refractivity contribution in [1.29, 1.82) is 5.26 Å². The number of pyridine rings is 1. The molecule has 0 atom stereocenters. The van der Waals surface area contributed by atoms with Gasteiger partial charge in [-0.05, 0) is 36.8 Å². The number of hydrogen-bond acceptors (Lipinski definition) is 6. The van der Waals surface area contributed by atoms with Crippen LogP contribution in [0, 0.1) is 18.3 Å². The maximum Gasteiger partial charge on any atom is 0.337 e. The zero-order valence-corrected chi connectivity index (χ0v) is 13.4. The number of nitriles is 1. The second kappa shape index (κ2) is 6.79. The summed E-state index contributed by atoms with van der Waals surface area (Å²) in [6.45, 7) is 1.57. The van der Waals surface area contributed by atoms with Crippen LogP contribution < -0.4 is 5.56 Å². The Hall–Kier alpha value is -3.40. The number of aliphatic imine (C=N–C) groups is 1. The average molecular weight is 325 g/mol. The average Bonchev–Trinajstić information content (AvgIpc) is 2.60. The van der Waals surface area contributed by atoms with Gasteiger partial charge in [0, 0.05) is 13.3 Å². The van der Waals surface area contributed by atoms with Gasteiger partial charge >= 0.3 is 5.97 Å². The molecule has 0 bridgehead atoms. The van der Waals surface area contributed by atoms with Crippen LogP contribution in [0.4, 0.5) is 5.69 Å². The largest absolute Gasteiger partial charge is 0.494 e. The minimum atomic E-state index is -0.563. The molecule has 1 aromatic carbocycles. The molecule has 0 spiro atoms. The molecule has 0 saturated carbocycles. The highest BCUT2D eigenvalue weighted by Gasteiger charge is 2.15. The van der Waals surface area contributed by atoms with E-state index in [9.17, 15) is 14.7 Å². The van der Waals surface area contributed by atoms with E-state index in [1.807, 2.05) is 6.07 Å². The lowest BCUT2D eigenvalue weighted by atomic mass is 10.1. The van der Waals surface area contributed by atoms with Gasteiger partial charge in [-0.25, -0.2) is 4.79 Å². The van der Waals surface area contributed by atoms with Gasteiger partial charge in [0.2, 0.25) is 5.88 Å². The summed E-state index contributed by atoms with van der Waals surface area (Å²) >= 11 is 0. The molecule has 1 heterocycles. The lowest BCUT2D eigenvalue weighted by Crippen LogP contribution is -2.22. The predicted molar refractivity (Wildman–Crippen MR) is 87.8 cm³/mol. The third kappa shape index (κ3) is 3.03. The number of methoxy groups -OCH3 is 1. The highest BCUT2D eigenvalue weighted by molar-refractivity contribution is 5.90. The van der Waals surface area contributed by atoms with E-state index in [0.29, 0.717) is 16.8 Å². The highest BCUT2D eigenvalue weighted by atomic mass is 16.5. The van der Waals surface area contributed by atoms with E-state index >= 15 is 0 Å². The van der Waals surface area contributed by atoms with E-state index in [2.05, 4.69) is 9.73 Å². The van der Waals surface area contributed by atoms with Crippen LogP contribution in [-0.4, -0.2) is 29.0 Å². The molecule has 2 rings (SSSR count). The van der Waals surface area contributed by atoms with Crippen LogP contribution in [0.1, 0.15) is 27.0 Å². The number of hydrogen-bond donors (Lipinski definition) is 1. The molecule has 0 aliphatic rings. The lowest BCUT2D eigenvalue weighted by molar-refractivity contribution is 0.0601. The van der Waals surface area contributed by atoms with Crippen LogP contribution in [0.5, 0.6) is 5.88 Å². The molecule has 0 unspecified atom stereocenters. The van der Waals surface area contributed by atoms with Gasteiger partial charge in [0.1, 0.15) is 11.6 Å². The van der Waals surface area contributed by atoms with Crippen LogP contribution >= 0.6 is 0 Å². The molecule has 7 nitrogen and oxygen atoms in total. The molecule has 24 heavy (non-hydrogen) atoms. The molecule has 0 aliphatic carbocycles. The quantitative estimate of drug-likeness (QED) is 0.684. The minimum Gasteiger partial charge on any atom is -0.494 e.